The van der Waals surface area contributed by atoms with Gasteiger partial charge in [-0.2, -0.15) is 0 Å². The van der Waals surface area contributed by atoms with Gasteiger partial charge in [0.05, 0.1) is 11.3 Å². The summed E-state index contributed by atoms with van der Waals surface area (Å²) in [6.07, 6.45) is 0.933. The number of non-ortho nitro benzene ring substituents is 1. The first kappa shape index (κ1) is 18.1. The number of aryl methyl sites for hydroxylation is 1. The van der Waals surface area contributed by atoms with Crippen LogP contribution in [0.15, 0.2) is 54.6 Å². The molecule has 0 heterocycles. The van der Waals surface area contributed by atoms with Crippen molar-refractivity contribution in [3.05, 3.63) is 75.8 Å². The molecule has 0 aliphatic heterocycles. The van der Waals surface area contributed by atoms with Crippen LogP contribution in [0.5, 0.6) is 0 Å². The molecule has 2 amide bonds. The molecule has 0 saturated heterocycles. The lowest BCUT2D eigenvalue weighted by atomic mass is 10.0. The molecule has 0 unspecified atom stereocenters. The average Bonchev–Trinajstić information content (AvgIpc) is 2.59. The molecule has 7 nitrogen and oxygen atoms in total. The summed E-state index contributed by atoms with van der Waals surface area (Å²) in [5.74, 6) is -1.01. The third kappa shape index (κ3) is 5.72. The Kier molecular flexibility index (Phi) is 6.22. The number of carbonyl (C=O) groups excluding carboxylic acids is 2. The molecule has 2 rings (SSSR count). The third-order valence-corrected chi connectivity index (χ3v) is 3.73. The van der Waals surface area contributed by atoms with Crippen LogP contribution in [0.1, 0.15) is 17.5 Å². The van der Waals surface area contributed by atoms with E-state index in [2.05, 4.69) is 5.32 Å². The van der Waals surface area contributed by atoms with Crippen molar-refractivity contribution in [2.24, 2.45) is 5.73 Å². The maximum atomic E-state index is 12.1. The average molecular weight is 341 g/mol. The lowest BCUT2D eigenvalue weighted by Crippen LogP contribution is -2.45. The third-order valence-electron chi connectivity index (χ3n) is 3.73. The highest BCUT2D eigenvalue weighted by Gasteiger charge is 2.18. The smallest absolute Gasteiger partial charge is 0.269 e. The first-order valence-electron chi connectivity index (χ1n) is 7.81. The van der Waals surface area contributed by atoms with Gasteiger partial charge in [-0.25, -0.2) is 0 Å². The van der Waals surface area contributed by atoms with Gasteiger partial charge in [0.25, 0.3) is 5.69 Å². The van der Waals surface area contributed by atoms with E-state index in [1.165, 1.54) is 18.2 Å². The number of benzene rings is 2. The molecule has 1 atom stereocenters. The molecule has 0 spiro atoms. The van der Waals surface area contributed by atoms with Crippen LogP contribution in [0.4, 0.5) is 5.69 Å². The van der Waals surface area contributed by atoms with Gasteiger partial charge in [-0.15, -0.1) is 0 Å². The van der Waals surface area contributed by atoms with Gasteiger partial charge in [-0.1, -0.05) is 42.5 Å². The van der Waals surface area contributed by atoms with Crippen LogP contribution in [-0.2, 0) is 22.4 Å². The number of nitro groups is 1. The number of hydrogen-bond acceptors (Lipinski definition) is 4. The molecule has 0 aliphatic rings. The molecule has 130 valence electrons. The number of amides is 2. The fourth-order valence-corrected chi connectivity index (χ4v) is 2.45. The van der Waals surface area contributed by atoms with Crippen molar-refractivity contribution in [1.82, 2.24) is 5.32 Å². The predicted molar refractivity (Wildman–Crippen MR) is 92.7 cm³/mol. The minimum atomic E-state index is -0.786. The van der Waals surface area contributed by atoms with E-state index in [9.17, 15) is 19.7 Å². The first-order valence-corrected chi connectivity index (χ1v) is 7.81. The molecule has 0 aromatic heterocycles. The molecule has 0 fully saturated rings. The van der Waals surface area contributed by atoms with Crippen LogP contribution >= 0.6 is 0 Å². The lowest BCUT2D eigenvalue weighted by molar-refractivity contribution is -0.384. The highest BCUT2D eigenvalue weighted by molar-refractivity contribution is 5.87. The second kappa shape index (κ2) is 8.58. The zero-order valence-electron chi connectivity index (χ0n) is 13.6. The summed E-state index contributed by atoms with van der Waals surface area (Å²) in [4.78, 5) is 34.0. The molecule has 7 heteroatoms. The Morgan fingerprint density at radius 1 is 1.08 bits per heavy atom. The number of primary amides is 1. The SMILES string of the molecule is NC(=O)[C@@H](CCc1ccccc1)NC(=O)Cc1cccc([N+](=O)[O-])c1. The van der Waals surface area contributed by atoms with Crippen molar-refractivity contribution in [2.75, 3.05) is 0 Å². The topological polar surface area (TPSA) is 115 Å². The normalized spacial score (nSPS) is 11.5. The van der Waals surface area contributed by atoms with Crippen LogP contribution in [0.3, 0.4) is 0 Å². The molecule has 0 saturated carbocycles. The minimum Gasteiger partial charge on any atom is -0.368 e. The number of nitrogens with one attached hydrogen (secondary N) is 1. The quantitative estimate of drug-likeness (QED) is 0.562. The van der Waals surface area contributed by atoms with Gasteiger partial charge in [-0.3, -0.25) is 19.7 Å². The molecular weight excluding hydrogens is 322 g/mol. The van der Waals surface area contributed by atoms with Crippen LogP contribution in [-0.4, -0.2) is 22.8 Å². The van der Waals surface area contributed by atoms with E-state index in [-0.39, 0.29) is 12.1 Å². The van der Waals surface area contributed by atoms with E-state index in [1.54, 1.807) is 6.07 Å². The van der Waals surface area contributed by atoms with Crippen LogP contribution < -0.4 is 11.1 Å². The summed E-state index contributed by atoms with van der Waals surface area (Å²) in [5, 5.41) is 13.4. The van der Waals surface area contributed by atoms with Crippen molar-refractivity contribution in [1.29, 1.82) is 0 Å². The molecule has 0 bridgehead atoms. The monoisotopic (exact) mass is 341 g/mol. The van der Waals surface area contributed by atoms with Gasteiger partial charge in [0.15, 0.2) is 0 Å². The Morgan fingerprint density at radius 3 is 2.40 bits per heavy atom. The minimum absolute atomic E-state index is 0.0587. The van der Waals surface area contributed by atoms with E-state index in [0.29, 0.717) is 18.4 Å². The maximum absolute atomic E-state index is 12.1. The zero-order chi connectivity index (χ0) is 18.2. The summed E-state index contributed by atoms with van der Waals surface area (Å²) in [5.41, 5.74) is 6.82. The molecule has 25 heavy (non-hydrogen) atoms. The second-order valence-electron chi connectivity index (χ2n) is 5.65. The molecule has 0 radical (unpaired) electrons. The molecule has 3 N–H and O–H groups in total. The highest BCUT2D eigenvalue weighted by atomic mass is 16.6. The largest absolute Gasteiger partial charge is 0.368 e. The maximum Gasteiger partial charge on any atom is 0.269 e. The summed E-state index contributed by atoms with van der Waals surface area (Å²) >= 11 is 0. The van der Waals surface area contributed by atoms with Gasteiger partial charge < -0.3 is 11.1 Å². The van der Waals surface area contributed by atoms with E-state index >= 15 is 0 Å². The molecule has 0 aliphatic carbocycles. The van der Waals surface area contributed by atoms with Crippen molar-refractivity contribution in [3.63, 3.8) is 0 Å². The second-order valence-corrected chi connectivity index (χ2v) is 5.65. The Bertz CT molecular complexity index is 762. The van der Waals surface area contributed by atoms with Crippen LogP contribution in [0.25, 0.3) is 0 Å². The summed E-state index contributed by atoms with van der Waals surface area (Å²) < 4.78 is 0. The number of carbonyl (C=O) groups is 2. The molecular formula is C18H19N3O4. The first-order chi connectivity index (χ1) is 12.0. The molecule has 2 aromatic rings. The van der Waals surface area contributed by atoms with Gasteiger partial charge in [0.2, 0.25) is 11.8 Å². The number of rotatable bonds is 8. The van der Waals surface area contributed by atoms with E-state index in [4.69, 9.17) is 5.73 Å². The van der Waals surface area contributed by atoms with Crippen molar-refractivity contribution < 1.29 is 14.5 Å². The number of nitrogens with zero attached hydrogens (tertiary/aromatic N) is 1. The van der Waals surface area contributed by atoms with E-state index in [0.717, 1.165) is 5.56 Å². The van der Waals surface area contributed by atoms with Crippen molar-refractivity contribution in [3.8, 4) is 0 Å². The summed E-state index contributed by atoms with van der Waals surface area (Å²) in [6.45, 7) is 0. The van der Waals surface area contributed by atoms with Crippen LogP contribution in [0.2, 0.25) is 0 Å². The standard InChI is InChI=1S/C18H19N3O4/c19-18(23)16(10-9-13-5-2-1-3-6-13)20-17(22)12-14-7-4-8-15(11-14)21(24)25/h1-8,11,16H,9-10,12H2,(H2,19,23)(H,20,22)/t16-/m1/s1. The Balaban J connectivity index is 1.94. The fourth-order valence-electron chi connectivity index (χ4n) is 2.45. The van der Waals surface area contributed by atoms with Gasteiger partial charge >= 0.3 is 0 Å². The zero-order valence-corrected chi connectivity index (χ0v) is 13.6. The van der Waals surface area contributed by atoms with E-state index < -0.39 is 22.8 Å². The lowest BCUT2D eigenvalue weighted by Gasteiger charge is -2.15. The number of nitrogens with two attached hydrogens (primary N) is 1. The highest BCUT2D eigenvalue weighted by Crippen LogP contribution is 2.13. The fraction of sp³-hybridized carbons (Fsp3) is 0.222. The Morgan fingerprint density at radius 2 is 1.76 bits per heavy atom. The summed E-state index contributed by atoms with van der Waals surface area (Å²) in [6, 6.07) is 14.6. The Labute approximate surface area is 145 Å². The Hall–Kier alpha value is -3.22. The van der Waals surface area contributed by atoms with Crippen molar-refractivity contribution >= 4 is 17.5 Å². The predicted octanol–water partition coefficient (Wildman–Crippen LogP) is 1.74. The number of hydrogen-bond donors (Lipinski definition) is 2. The van der Waals surface area contributed by atoms with E-state index in [1.807, 2.05) is 30.3 Å². The summed E-state index contributed by atoms with van der Waals surface area (Å²) in [7, 11) is 0. The van der Waals surface area contributed by atoms with Crippen molar-refractivity contribution in [2.45, 2.75) is 25.3 Å². The molecule has 2 aromatic carbocycles. The van der Waals surface area contributed by atoms with Gasteiger partial charge in [0, 0.05) is 12.1 Å². The van der Waals surface area contributed by atoms with Crippen LogP contribution in [0, 0.1) is 10.1 Å². The van der Waals surface area contributed by atoms with Gasteiger partial charge in [0.1, 0.15) is 6.04 Å². The van der Waals surface area contributed by atoms with Gasteiger partial charge in [-0.05, 0) is 24.0 Å². The number of nitro benzene ring substituents is 1.